The normalized spacial score (nSPS) is 11.2. The summed E-state index contributed by atoms with van der Waals surface area (Å²) in [4.78, 5) is 30.7. The molecule has 0 unspecified atom stereocenters. The number of carbonyl (C=O) groups is 2. The van der Waals surface area contributed by atoms with Crippen molar-refractivity contribution in [2.45, 2.75) is 38.0 Å². The topological polar surface area (TPSA) is 174 Å². The van der Waals surface area contributed by atoms with Crippen LogP contribution in [0.4, 0.5) is 0 Å². The van der Waals surface area contributed by atoms with Gasteiger partial charge in [0.25, 0.3) is 0 Å². The highest BCUT2D eigenvalue weighted by atomic mass is 16.3. The van der Waals surface area contributed by atoms with Crippen molar-refractivity contribution in [2.75, 3.05) is 6.54 Å². The lowest BCUT2D eigenvalue weighted by atomic mass is 9.90. The second-order valence-electron chi connectivity index (χ2n) is 8.46. The summed E-state index contributed by atoms with van der Waals surface area (Å²) < 4.78 is 0. The van der Waals surface area contributed by atoms with Crippen LogP contribution in [0.15, 0.2) is 89.9 Å². The zero-order valence-corrected chi connectivity index (χ0v) is 20.6. The molecule has 0 aliphatic carbocycles. The number of hydrogen-bond donors (Lipinski definition) is 5. The molecule has 3 aromatic rings. The summed E-state index contributed by atoms with van der Waals surface area (Å²) in [7, 11) is 0. The van der Waals surface area contributed by atoms with Crippen LogP contribution in [0.3, 0.4) is 0 Å². The summed E-state index contributed by atoms with van der Waals surface area (Å²) in [5.74, 6) is -1.13. The molecule has 3 aromatic carbocycles. The highest BCUT2D eigenvalue weighted by Gasteiger charge is 2.27. The third kappa shape index (κ3) is 9.06. The van der Waals surface area contributed by atoms with Gasteiger partial charge < -0.3 is 32.7 Å². The third-order valence-electron chi connectivity index (χ3n) is 5.78. The van der Waals surface area contributed by atoms with Crippen LogP contribution in [0.1, 0.15) is 41.0 Å². The fourth-order valence-corrected chi connectivity index (χ4v) is 3.89. The Morgan fingerprint density at radius 1 is 0.811 bits per heavy atom. The Balaban J connectivity index is 0.00000481. The van der Waals surface area contributed by atoms with E-state index in [-0.39, 0.29) is 29.9 Å². The van der Waals surface area contributed by atoms with Gasteiger partial charge in [0.2, 0.25) is 11.8 Å². The lowest BCUT2D eigenvalue weighted by Crippen LogP contribution is -2.48. The van der Waals surface area contributed by atoms with Crippen LogP contribution in [0.2, 0.25) is 0 Å². The zero-order valence-electron chi connectivity index (χ0n) is 20.6. The minimum Gasteiger partial charge on any atom is -0.412 e. The monoisotopic (exact) mass is 505 g/mol. The Labute approximate surface area is 216 Å². The van der Waals surface area contributed by atoms with Crippen LogP contribution in [-0.2, 0) is 22.7 Å². The Morgan fingerprint density at radius 2 is 1.35 bits per heavy atom. The van der Waals surface area contributed by atoms with Crippen LogP contribution < -0.4 is 22.1 Å². The van der Waals surface area contributed by atoms with Crippen molar-refractivity contribution in [2.24, 2.45) is 16.5 Å². The number of aliphatic hydroxyl groups is 1. The second kappa shape index (κ2) is 15.0. The first kappa shape index (κ1) is 29.0. The number of carbonyl (C=O) groups excluding carboxylic acids is 2. The number of guanidine groups is 1. The molecule has 0 radical (unpaired) electrons. The maximum atomic E-state index is 13.6. The highest BCUT2D eigenvalue weighted by Crippen LogP contribution is 2.25. The summed E-state index contributed by atoms with van der Waals surface area (Å²) >= 11 is 0. The van der Waals surface area contributed by atoms with Gasteiger partial charge in [-0.1, -0.05) is 84.9 Å². The van der Waals surface area contributed by atoms with Gasteiger partial charge in [0.05, 0.1) is 12.5 Å². The van der Waals surface area contributed by atoms with Crippen molar-refractivity contribution in [3.8, 4) is 0 Å². The lowest BCUT2D eigenvalue weighted by molar-refractivity contribution is -0.129. The number of rotatable bonds is 12. The molecule has 9 nitrogen and oxygen atoms in total. The first-order valence-electron chi connectivity index (χ1n) is 11.9. The van der Waals surface area contributed by atoms with E-state index in [0.717, 1.165) is 22.3 Å². The molecule has 9 N–H and O–H groups in total. The quantitative estimate of drug-likeness (QED) is 0.142. The van der Waals surface area contributed by atoms with Crippen molar-refractivity contribution >= 4 is 17.8 Å². The number of aliphatic imine (C=N–C) groups is 1. The SMILES string of the molecule is NC(N)=NCCC[C@H](NC(=O)C(c1ccccc1)c1ccccc1)C(=O)NCc1ccc(CO)cc1.O. The Morgan fingerprint density at radius 3 is 1.86 bits per heavy atom. The number of nitrogens with zero attached hydrogens (tertiary/aromatic N) is 1. The van der Waals surface area contributed by atoms with Gasteiger partial charge in [-0.25, -0.2) is 0 Å². The number of nitrogens with one attached hydrogen (secondary N) is 2. The van der Waals surface area contributed by atoms with E-state index in [9.17, 15) is 14.7 Å². The zero-order chi connectivity index (χ0) is 25.8. The highest BCUT2D eigenvalue weighted by molar-refractivity contribution is 5.92. The van der Waals surface area contributed by atoms with E-state index in [0.29, 0.717) is 25.9 Å². The number of hydrogen-bond acceptors (Lipinski definition) is 4. The molecular weight excluding hydrogens is 470 g/mol. The molecule has 0 bridgehead atoms. The van der Waals surface area contributed by atoms with Crippen molar-refractivity contribution in [1.29, 1.82) is 0 Å². The molecule has 0 saturated heterocycles. The average molecular weight is 506 g/mol. The molecule has 37 heavy (non-hydrogen) atoms. The van der Waals surface area contributed by atoms with E-state index in [2.05, 4.69) is 15.6 Å². The largest absolute Gasteiger partial charge is 0.412 e. The predicted molar refractivity (Wildman–Crippen MR) is 144 cm³/mol. The summed E-state index contributed by atoms with van der Waals surface area (Å²) in [6.45, 7) is 0.609. The minimum atomic E-state index is -0.765. The first-order chi connectivity index (χ1) is 17.5. The van der Waals surface area contributed by atoms with Gasteiger partial charge >= 0.3 is 0 Å². The minimum absolute atomic E-state index is 0. The van der Waals surface area contributed by atoms with E-state index in [1.807, 2.05) is 72.8 Å². The van der Waals surface area contributed by atoms with Crippen LogP contribution in [0.25, 0.3) is 0 Å². The molecule has 0 fully saturated rings. The molecule has 2 amide bonds. The molecule has 9 heteroatoms. The summed E-state index contributed by atoms with van der Waals surface area (Å²) in [5.41, 5.74) is 14.2. The van der Waals surface area contributed by atoms with Gasteiger partial charge in [0.15, 0.2) is 5.96 Å². The summed E-state index contributed by atoms with van der Waals surface area (Å²) in [6.07, 6.45) is 0.886. The van der Waals surface area contributed by atoms with E-state index in [1.165, 1.54) is 0 Å². The van der Waals surface area contributed by atoms with E-state index in [1.54, 1.807) is 12.1 Å². The van der Waals surface area contributed by atoms with Gasteiger partial charge in [-0.15, -0.1) is 0 Å². The fraction of sp³-hybridized carbons (Fsp3) is 0.250. The molecule has 0 heterocycles. The Kier molecular flexibility index (Phi) is 11.8. The molecule has 1 atom stereocenters. The standard InChI is InChI=1S/C28H33N5O3.H2O/c29-28(30)31-17-7-12-24(26(35)32-18-20-13-15-21(19-34)16-14-20)33-27(36)25(22-8-3-1-4-9-22)23-10-5-2-6-11-23;/h1-6,8-11,13-16,24-25,34H,7,12,17-19H2,(H,32,35)(H,33,36)(H4,29,30,31);1H2/t24-;/m0./s1. The Hall–Kier alpha value is -4.21. The molecule has 0 saturated carbocycles. The molecule has 196 valence electrons. The number of aliphatic hydroxyl groups excluding tert-OH is 1. The Bertz CT molecular complexity index is 1090. The molecular formula is C28H35N5O4. The maximum absolute atomic E-state index is 13.6. The van der Waals surface area contributed by atoms with E-state index >= 15 is 0 Å². The molecule has 0 aliphatic heterocycles. The first-order valence-corrected chi connectivity index (χ1v) is 11.9. The third-order valence-corrected chi connectivity index (χ3v) is 5.78. The second-order valence-corrected chi connectivity index (χ2v) is 8.46. The van der Waals surface area contributed by atoms with E-state index in [4.69, 9.17) is 11.5 Å². The van der Waals surface area contributed by atoms with Crippen molar-refractivity contribution in [1.82, 2.24) is 10.6 Å². The average Bonchev–Trinajstić information content (AvgIpc) is 2.90. The van der Waals surface area contributed by atoms with Gasteiger partial charge in [-0.2, -0.15) is 0 Å². The van der Waals surface area contributed by atoms with Crippen LogP contribution in [0.5, 0.6) is 0 Å². The maximum Gasteiger partial charge on any atom is 0.242 e. The van der Waals surface area contributed by atoms with Gasteiger partial charge in [-0.05, 0) is 35.1 Å². The van der Waals surface area contributed by atoms with Crippen LogP contribution in [-0.4, -0.2) is 40.9 Å². The van der Waals surface area contributed by atoms with Crippen LogP contribution >= 0.6 is 0 Å². The smallest absolute Gasteiger partial charge is 0.242 e. The lowest BCUT2D eigenvalue weighted by Gasteiger charge is -2.23. The van der Waals surface area contributed by atoms with E-state index < -0.39 is 12.0 Å². The fourth-order valence-electron chi connectivity index (χ4n) is 3.89. The van der Waals surface area contributed by atoms with Crippen molar-refractivity contribution in [3.63, 3.8) is 0 Å². The number of nitrogens with two attached hydrogens (primary N) is 2. The molecule has 0 aromatic heterocycles. The van der Waals surface area contributed by atoms with Gasteiger partial charge in [0.1, 0.15) is 6.04 Å². The molecule has 0 aliphatic rings. The number of benzene rings is 3. The van der Waals surface area contributed by atoms with Crippen molar-refractivity contribution in [3.05, 3.63) is 107 Å². The summed E-state index contributed by atoms with van der Waals surface area (Å²) in [5, 5.41) is 15.1. The van der Waals surface area contributed by atoms with Crippen LogP contribution in [0, 0.1) is 0 Å². The van der Waals surface area contributed by atoms with Gasteiger partial charge in [0, 0.05) is 13.1 Å². The summed E-state index contributed by atoms with van der Waals surface area (Å²) in [6, 6.07) is 25.5. The molecule has 0 spiro atoms. The van der Waals surface area contributed by atoms with Crippen molar-refractivity contribution < 1.29 is 20.2 Å². The number of amides is 2. The molecule has 3 rings (SSSR count). The predicted octanol–water partition coefficient (Wildman–Crippen LogP) is 1.34. The van der Waals surface area contributed by atoms with Gasteiger partial charge in [-0.3, -0.25) is 14.6 Å².